The molecule has 0 aliphatic carbocycles. The maximum Gasteiger partial charge on any atom is 0.317 e. The van der Waals surface area contributed by atoms with Gasteiger partial charge in [-0.15, -0.1) is 11.3 Å². The summed E-state index contributed by atoms with van der Waals surface area (Å²) in [4.78, 5) is 18.9. The van der Waals surface area contributed by atoms with Crippen LogP contribution in [0.2, 0.25) is 0 Å². The van der Waals surface area contributed by atoms with E-state index in [2.05, 4.69) is 36.3 Å². The molecule has 21 heavy (non-hydrogen) atoms. The van der Waals surface area contributed by atoms with Gasteiger partial charge in [0.05, 0.1) is 6.54 Å². The Labute approximate surface area is 130 Å². The third-order valence-electron chi connectivity index (χ3n) is 3.74. The Morgan fingerprint density at radius 2 is 2.38 bits per heavy atom. The van der Waals surface area contributed by atoms with Crippen molar-refractivity contribution in [1.82, 2.24) is 15.1 Å². The molecule has 2 N–H and O–H groups in total. The number of hydrogen-bond donors (Lipinski definition) is 2. The van der Waals surface area contributed by atoms with Crippen LogP contribution in [-0.2, 0) is 6.54 Å². The second-order valence-electron chi connectivity index (χ2n) is 5.71. The number of rotatable bonds is 6. The summed E-state index contributed by atoms with van der Waals surface area (Å²) in [6, 6.07) is 4.37. The fourth-order valence-corrected chi connectivity index (χ4v) is 3.50. The number of carbonyl (C=O) groups is 1. The van der Waals surface area contributed by atoms with Crippen LogP contribution in [0.4, 0.5) is 4.79 Å². The standard InChI is InChI=1S/C15H25N3O2S/c1-12-4-5-14(21-12)11-18(7-3-9-19)15(20)16-13-6-8-17(2)10-13/h4-5,13,19H,3,6-11H2,1-2H3,(H,16,20)/t13-/m1/s1. The fraction of sp³-hybridized carbons (Fsp3) is 0.667. The fourth-order valence-electron chi connectivity index (χ4n) is 2.59. The molecule has 0 saturated carbocycles. The minimum absolute atomic E-state index is 0.0187. The van der Waals surface area contributed by atoms with Crippen LogP contribution in [0.25, 0.3) is 0 Å². The Kier molecular flexibility index (Phi) is 6.02. The SMILES string of the molecule is Cc1ccc(CN(CCCO)C(=O)N[C@@H]2CCN(C)C2)s1. The van der Waals surface area contributed by atoms with Gasteiger partial charge < -0.3 is 20.2 Å². The highest BCUT2D eigenvalue weighted by Crippen LogP contribution is 2.17. The van der Waals surface area contributed by atoms with Crippen LogP contribution in [-0.4, -0.2) is 60.3 Å². The largest absolute Gasteiger partial charge is 0.396 e. The van der Waals surface area contributed by atoms with E-state index in [0.717, 1.165) is 19.5 Å². The van der Waals surface area contributed by atoms with Gasteiger partial charge in [-0.2, -0.15) is 0 Å². The highest BCUT2D eigenvalue weighted by molar-refractivity contribution is 7.11. The molecule has 1 aromatic rings. The van der Waals surface area contributed by atoms with E-state index >= 15 is 0 Å². The zero-order valence-corrected chi connectivity index (χ0v) is 13.7. The number of aliphatic hydroxyl groups excluding tert-OH is 1. The van der Waals surface area contributed by atoms with Gasteiger partial charge in [-0.3, -0.25) is 0 Å². The molecule has 2 rings (SSSR count). The highest BCUT2D eigenvalue weighted by Gasteiger charge is 2.23. The number of nitrogens with one attached hydrogen (secondary N) is 1. The van der Waals surface area contributed by atoms with Gasteiger partial charge >= 0.3 is 6.03 Å². The first kappa shape index (κ1) is 16.3. The third-order valence-corrected chi connectivity index (χ3v) is 4.72. The number of aliphatic hydroxyl groups is 1. The van der Waals surface area contributed by atoms with Gasteiger partial charge in [0.25, 0.3) is 0 Å². The zero-order valence-electron chi connectivity index (χ0n) is 12.8. The zero-order chi connectivity index (χ0) is 15.2. The van der Waals surface area contributed by atoms with Crippen molar-refractivity contribution in [2.45, 2.75) is 32.4 Å². The lowest BCUT2D eigenvalue weighted by Gasteiger charge is -2.24. The average molecular weight is 311 g/mol. The highest BCUT2D eigenvalue weighted by atomic mass is 32.1. The summed E-state index contributed by atoms with van der Waals surface area (Å²) < 4.78 is 0. The number of amides is 2. The van der Waals surface area contributed by atoms with Crippen molar-refractivity contribution in [3.63, 3.8) is 0 Å². The average Bonchev–Trinajstić information content (AvgIpc) is 3.03. The molecule has 1 saturated heterocycles. The molecule has 1 aliphatic heterocycles. The molecule has 2 heterocycles. The maximum atomic E-state index is 12.4. The minimum atomic E-state index is -0.0187. The molecule has 1 atom stereocenters. The second kappa shape index (κ2) is 7.77. The number of carbonyl (C=O) groups excluding carboxylic acids is 1. The Bertz CT molecular complexity index is 464. The van der Waals surface area contributed by atoms with Gasteiger partial charge in [-0.05, 0) is 45.5 Å². The molecule has 0 radical (unpaired) electrons. The van der Waals surface area contributed by atoms with Crippen LogP contribution >= 0.6 is 11.3 Å². The van der Waals surface area contributed by atoms with E-state index in [9.17, 15) is 4.79 Å². The van der Waals surface area contributed by atoms with Gasteiger partial charge in [-0.25, -0.2) is 4.79 Å². The second-order valence-corrected chi connectivity index (χ2v) is 7.08. The van der Waals surface area contributed by atoms with E-state index in [1.165, 1.54) is 9.75 Å². The van der Waals surface area contributed by atoms with Gasteiger partial charge in [0, 0.05) is 35.5 Å². The van der Waals surface area contributed by atoms with E-state index in [0.29, 0.717) is 19.5 Å². The predicted octanol–water partition coefficient (Wildman–Crippen LogP) is 1.65. The van der Waals surface area contributed by atoms with Crippen LogP contribution < -0.4 is 5.32 Å². The molecule has 0 bridgehead atoms. The summed E-state index contributed by atoms with van der Waals surface area (Å²) in [7, 11) is 2.07. The van der Waals surface area contributed by atoms with E-state index in [1.54, 1.807) is 16.2 Å². The minimum Gasteiger partial charge on any atom is -0.396 e. The number of likely N-dealkylation sites (N-methyl/N-ethyl adjacent to an activating group) is 1. The maximum absolute atomic E-state index is 12.4. The van der Waals surface area contributed by atoms with Crippen molar-refractivity contribution in [3.05, 3.63) is 21.9 Å². The first-order valence-corrected chi connectivity index (χ1v) is 8.30. The van der Waals surface area contributed by atoms with Gasteiger partial charge in [0.2, 0.25) is 0 Å². The Morgan fingerprint density at radius 1 is 1.57 bits per heavy atom. The molecule has 6 heteroatoms. The molecule has 1 fully saturated rings. The monoisotopic (exact) mass is 311 g/mol. The number of aryl methyl sites for hydroxylation is 1. The summed E-state index contributed by atoms with van der Waals surface area (Å²) in [6.45, 7) is 5.33. The molecular weight excluding hydrogens is 286 g/mol. The smallest absolute Gasteiger partial charge is 0.317 e. The number of urea groups is 1. The number of hydrogen-bond acceptors (Lipinski definition) is 4. The molecule has 2 amide bonds. The van der Waals surface area contributed by atoms with Crippen LogP contribution in [0, 0.1) is 6.92 Å². The van der Waals surface area contributed by atoms with Gasteiger partial charge in [0.15, 0.2) is 0 Å². The van der Waals surface area contributed by atoms with Gasteiger partial charge in [-0.1, -0.05) is 0 Å². The number of thiophene rings is 1. The Hall–Kier alpha value is -1.11. The normalized spacial score (nSPS) is 18.9. The van der Waals surface area contributed by atoms with Crippen LogP contribution in [0.5, 0.6) is 0 Å². The van der Waals surface area contributed by atoms with E-state index < -0.39 is 0 Å². The van der Waals surface area contributed by atoms with E-state index in [-0.39, 0.29) is 18.7 Å². The summed E-state index contributed by atoms with van der Waals surface area (Å²) in [6.07, 6.45) is 1.62. The predicted molar refractivity (Wildman–Crippen MR) is 85.6 cm³/mol. The number of nitrogens with zero attached hydrogens (tertiary/aromatic N) is 2. The lowest BCUT2D eigenvalue weighted by Crippen LogP contribution is -2.45. The summed E-state index contributed by atoms with van der Waals surface area (Å²) in [5, 5.41) is 12.1. The molecule has 0 unspecified atom stereocenters. The van der Waals surface area contributed by atoms with E-state index in [1.807, 2.05) is 0 Å². The molecule has 1 aliphatic rings. The summed E-state index contributed by atoms with van der Waals surface area (Å²) in [5.74, 6) is 0. The van der Waals surface area contributed by atoms with Crippen molar-refractivity contribution in [2.24, 2.45) is 0 Å². The van der Waals surface area contributed by atoms with Crippen LogP contribution in [0.15, 0.2) is 12.1 Å². The number of likely N-dealkylation sites (tertiary alicyclic amines) is 1. The third kappa shape index (κ3) is 4.98. The molecule has 0 spiro atoms. The topological polar surface area (TPSA) is 55.8 Å². The summed E-state index contributed by atoms with van der Waals surface area (Å²) in [5.41, 5.74) is 0. The Morgan fingerprint density at radius 3 is 2.95 bits per heavy atom. The molecule has 0 aromatic carbocycles. The molecule has 118 valence electrons. The summed E-state index contributed by atoms with van der Waals surface area (Å²) >= 11 is 1.72. The lowest BCUT2D eigenvalue weighted by molar-refractivity contribution is 0.183. The van der Waals surface area contributed by atoms with E-state index in [4.69, 9.17) is 5.11 Å². The quantitative estimate of drug-likeness (QED) is 0.840. The molecule has 1 aromatic heterocycles. The Balaban J connectivity index is 1.92. The lowest BCUT2D eigenvalue weighted by atomic mass is 10.2. The van der Waals surface area contributed by atoms with Crippen LogP contribution in [0.1, 0.15) is 22.6 Å². The first-order valence-electron chi connectivity index (χ1n) is 7.48. The van der Waals surface area contributed by atoms with Crippen molar-refractivity contribution < 1.29 is 9.90 Å². The van der Waals surface area contributed by atoms with Gasteiger partial charge in [0.1, 0.15) is 0 Å². The van der Waals surface area contributed by atoms with Crippen molar-refractivity contribution in [1.29, 1.82) is 0 Å². The first-order chi connectivity index (χ1) is 10.1. The van der Waals surface area contributed by atoms with Crippen LogP contribution in [0.3, 0.4) is 0 Å². The van der Waals surface area contributed by atoms with Crippen molar-refractivity contribution in [2.75, 3.05) is 33.3 Å². The van der Waals surface area contributed by atoms with Crippen molar-refractivity contribution >= 4 is 17.4 Å². The van der Waals surface area contributed by atoms with Crippen molar-refractivity contribution in [3.8, 4) is 0 Å². The molecule has 5 nitrogen and oxygen atoms in total. The molecular formula is C15H25N3O2S.